The summed E-state index contributed by atoms with van der Waals surface area (Å²) in [6.07, 6.45) is 0. The number of fused-ring (bicyclic) bond motifs is 1. The Bertz CT molecular complexity index is 1080. The number of likely N-dealkylation sites (N-methyl/N-ethyl adjacent to an activating group) is 1. The number of hydrogen-bond donors (Lipinski definition) is 1. The maximum Gasteiger partial charge on any atom is 0.344 e. The minimum absolute atomic E-state index is 0.0461. The topological polar surface area (TPSA) is 71.8 Å². The number of hydrogen-bond acceptors (Lipinski definition) is 5. The van der Waals surface area contributed by atoms with E-state index in [1.165, 1.54) is 12.1 Å². The van der Waals surface area contributed by atoms with Crippen LogP contribution in [0.3, 0.4) is 0 Å². The predicted octanol–water partition coefficient (Wildman–Crippen LogP) is 2.79. The molecular formula is C21H20F2N2O4. The van der Waals surface area contributed by atoms with Gasteiger partial charge in [0.05, 0.1) is 5.56 Å². The largest absolute Gasteiger partial charge is 0.484 e. The van der Waals surface area contributed by atoms with Crippen molar-refractivity contribution in [2.75, 3.05) is 33.8 Å². The molecule has 0 atom stereocenters. The number of nitrogens with one attached hydrogen (secondary N) is 1. The molecule has 8 heteroatoms. The number of carbonyl (C=O) groups excluding carboxylic acids is 1. The molecule has 0 saturated heterocycles. The summed E-state index contributed by atoms with van der Waals surface area (Å²) >= 11 is 0. The Labute approximate surface area is 165 Å². The lowest BCUT2D eigenvalue weighted by molar-refractivity contribution is -0.123. The quantitative estimate of drug-likeness (QED) is 0.616. The van der Waals surface area contributed by atoms with Crippen LogP contribution in [0, 0.1) is 11.6 Å². The highest BCUT2D eigenvalue weighted by Gasteiger charge is 2.12. The van der Waals surface area contributed by atoms with Crippen molar-refractivity contribution >= 4 is 16.9 Å². The molecule has 0 saturated carbocycles. The fourth-order valence-corrected chi connectivity index (χ4v) is 2.71. The molecule has 0 bridgehead atoms. The van der Waals surface area contributed by atoms with Crippen molar-refractivity contribution in [2.45, 2.75) is 0 Å². The van der Waals surface area contributed by atoms with Crippen molar-refractivity contribution in [3.63, 3.8) is 0 Å². The lowest BCUT2D eigenvalue weighted by Gasteiger charge is -2.11. The van der Waals surface area contributed by atoms with Gasteiger partial charge in [0.2, 0.25) is 0 Å². The number of carbonyl (C=O) groups is 1. The van der Waals surface area contributed by atoms with Gasteiger partial charge in [-0.3, -0.25) is 4.79 Å². The summed E-state index contributed by atoms with van der Waals surface area (Å²) in [7, 11) is 3.81. The van der Waals surface area contributed by atoms with Crippen molar-refractivity contribution in [2.24, 2.45) is 0 Å². The predicted molar refractivity (Wildman–Crippen MR) is 105 cm³/mol. The van der Waals surface area contributed by atoms with Gasteiger partial charge >= 0.3 is 5.63 Å². The summed E-state index contributed by atoms with van der Waals surface area (Å²) in [6, 6.07) is 9.09. The van der Waals surface area contributed by atoms with Gasteiger partial charge in [0.15, 0.2) is 6.61 Å². The highest BCUT2D eigenvalue weighted by molar-refractivity contribution is 5.83. The second-order valence-corrected chi connectivity index (χ2v) is 6.75. The lowest BCUT2D eigenvalue weighted by atomic mass is 10.1. The molecule has 1 amide bonds. The van der Waals surface area contributed by atoms with Gasteiger partial charge in [-0.05, 0) is 50.0 Å². The van der Waals surface area contributed by atoms with E-state index in [1.54, 1.807) is 12.1 Å². The van der Waals surface area contributed by atoms with Gasteiger partial charge < -0.3 is 19.4 Å². The van der Waals surface area contributed by atoms with E-state index in [2.05, 4.69) is 5.32 Å². The first-order chi connectivity index (χ1) is 13.8. The normalized spacial score (nSPS) is 11.1. The Morgan fingerprint density at radius 2 is 1.83 bits per heavy atom. The zero-order valence-electron chi connectivity index (χ0n) is 16.0. The fourth-order valence-electron chi connectivity index (χ4n) is 2.71. The van der Waals surface area contributed by atoms with Crippen molar-refractivity contribution in [1.29, 1.82) is 0 Å². The molecule has 2 aromatic carbocycles. The van der Waals surface area contributed by atoms with Crippen LogP contribution in [0.5, 0.6) is 5.75 Å². The van der Waals surface area contributed by atoms with Crippen LogP contribution in [0.2, 0.25) is 0 Å². The molecule has 1 heterocycles. The van der Waals surface area contributed by atoms with E-state index in [0.29, 0.717) is 24.2 Å². The zero-order valence-corrected chi connectivity index (χ0v) is 16.0. The van der Waals surface area contributed by atoms with Gasteiger partial charge in [0.1, 0.15) is 23.0 Å². The third-order valence-corrected chi connectivity index (χ3v) is 4.13. The standard InChI is InChI=1S/C21H20F2N2O4/c1-25(2)6-5-24-20(26)12-28-17-4-3-13-9-18(21(27)29-19(13)11-17)14-7-15(22)10-16(23)8-14/h3-4,7-11H,5-6,12H2,1-2H3,(H,24,26). The molecule has 0 aliphatic carbocycles. The Hall–Kier alpha value is -3.26. The average Bonchev–Trinajstić information content (AvgIpc) is 2.64. The summed E-state index contributed by atoms with van der Waals surface area (Å²) in [5.74, 6) is -1.48. The first-order valence-corrected chi connectivity index (χ1v) is 8.90. The van der Waals surface area contributed by atoms with Crippen LogP contribution in [-0.2, 0) is 4.79 Å². The minimum Gasteiger partial charge on any atom is -0.484 e. The molecular weight excluding hydrogens is 382 g/mol. The first-order valence-electron chi connectivity index (χ1n) is 8.90. The molecule has 152 valence electrons. The molecule has 3 aromatic rings. The number of ether oxygens (including phenoxy) is 1. The summed E-state index contributed by atoms with van der Waals surface area (Å²) in [5.41, 5.74) is -0.361. The van der Waals surface area contributed by atoms with Crippen LogP contribution >= 0.6 is 0 Å². The van der Waals surface area contributed by atoms with Gasteiger partial charge in [0.25, 0.3) is 5.91 Å². The summed E-state index contributed by atoms with van der Waals surface area (Å²) in [5, 5.41) is 3.27. The zero-order chi connectivity index (χ0) is 21.0. The van der Waals surface area contributed by atoms with E-state index in [4.69, 9.17) is 9.15 Å². The van der Waals surface area contributed by atoms with Gasteiger partial charge in [-0.25, -0.2) is 13.6 Å². The number of rotatable bonds is 7. The molecule has 0 aliphatic rings. The Morgan fingerprint density at radius 1 is 1.10 bits per heavy atom. The Morgan fingerprint density at radius 3 is 2.52 bits per heavy atom. The highest BCUT2D eigenvalue weighted by Crippen LogP contribution is 2.25. The van der Waals surface area contributed by atoms with Crippen molar-refractivity contribution in [3.8, 4) is 16.9 Å². The second kappa shape index (κ2) is 8.83. The summed E-state index contributed by atoms with van der Waals surface area (Å²) in [4.78, 5) is 26.0. The molecule has 29 heavy (non-hydrogen) atoms. The van der Waals surface area contributed by atoms with Crippen LogP contribution in [-0.4, -0.2) is 44.6 Å². The SMILES string of the molecule is CN(C)CCNC(=O)COc1ccc2cc(-c3cc(F)cc(F)c3)c(=O)oc2c1. The molecule has 0 unspecified atom stereocenters. The smallest absolute Gasteiger partial charge is 0.344 e. The first kappa shape index (κ1) is 20.5. The van der Waals surface area contributed by atoms with Gasteiger partial charge in [-0.15, -0.1) is 0 Å². The van der Waals surface area contributed by atoms with Crippen LogP contribution in [0.4, 0.5) is 8.78 Å². The second-order valence-electron chi connectivity index (χ2n) is 6.75. The molecule has 0 aliphatic heterocycles. The van der Waals surface area contributed by atoms with E-state index in [9.17, 15) is 18.4 Å². The lowest BCUT2D eigenvalue weighted by Crippen LogP contribution is -2.34. The third-order valence-electron chi connectivity index (χ3n) is 4.13. The molecule has 6 nitrogen and oxygen atoms in total. The number of benzene rings is 2. The van der Waals surface area contributed by atoms with Gasteiger partial charge in [-0.1, -0.05) is 0 Å². The monoisotopic (exact) mass is 402 g/mol. The van der Waals surface area contributed by atoms with Crippen LogP contribution in [0.1, 0.15) is 0 Å². The van der Waals surface area contributed by atoms with E-state index in [1.807, 2.05) is 19.0 Å². The number of nitrogens with zero attached hydrogens (tertiary/aromatic N) is 1. The Balaban J connectivity index is 1.76. The molecule has 0 spiro atoms. The van der Waals surface area contributed by atoms with Crippen molar-refractivity contribution in [1.82, 2.24) is 10.2 Å². The highest BCUT2D eigenvalue weighted by atomic mass is 19.1. The maximum atomic E-state index is 13.5. The molecule has 1 aromatic heterocycles. The van der Waals surface area contributed by atoms with Crippen molar-refractivity contribution in [3.05, 3.63) is 64.5 Å². The van der Waals surface area contributed by atoms with E-state index in [-0.39, 0.29) is 29.2 Å². The van der Waals surface area contributed by atoms with Crippen LogP contribution in [0.15, 0.2) is 51.7 Å². The maximum absolute atomic E-state index is 13.5. The molecule has 0 radical (unpaired) electrons. The van der Waals surface area contributed by atoms with Gasteiger partial charge in [0, 0.05) is 30.6 Å². The molecule has 1 N–H and O–H groups in total. The molecule has 0 fully saturated rings. The summed E-state index contributed by atoms with van der Waals surface area (Å²) < 4.78 is 37.6. The number of amides is 1. The van der Waals surface area contributed by atoms with Crippen molar-refractivity contribution < 1.29 is 22.7 Å². The van der Waals surface area contributed by atoms with E-state index in [0.717, 1.165) is 18.2 Å². The van der Waals surface area contributed by atoms with Gasteiger partial charge in [-0.2, -0.15) is 0 Å². The third kappa shape index (κ3) is 5.39. The minimum atomic E-state index is -0.785. The Kier molecular flexibility index (Phi) is 6.23. The average molecular weight is 402 g/mol. The van der Waals surface area contributed by atoms with E-state index < -0.39 is 17.3 Å². The number of halogens is 2. The van der Waals surface area contributed by atoms with Crippen LogP contribution < -0.4 is 15.7 Å². The van der Waals surface area contributed by atoms with E-state index >= 15 is 0 Å². The summed E-state index contributed by atoms with van der Waals surface area (Å²) in [6.45, 7) is 1.04. The fraction of sp³-hybridized carbons (Fsp3) is 0.238. The van der Waals surface area contributed by atoms with Crippen LogP contribution in [0.25, 0.3) is 22.1 Å². The molecule has 3 rings (SSSR count).